The largest absolute Gasteiger partial charge is 0.381 e. The average molecular weight is 225 g/mol. The van der Waals surface area contributed by atoms with Crippen LogP contribution in [0.4, 0.5) is 0 Å². The van der Waals surface area contributed by atoms with Crippen LogP contribution in [-0.2, 0) is 4.74 Å². The maximum Gasteiger partial charge on any atom is 0.0496 e. The highest BCUT2D eigenvalue weighted by Crippen LogP contribution is 2.35. The van der Waals surface area contributed by atoms with Gasteiger partial charge in [0.2, 0.25) is 0 Å². The maximum absolute atomic E-state index is 5.58. The molecule has 0 amide bonds. The molecule has 2 rings (SSSR count). The molecule has 3 atom stereocenters. The highest BCUT2D eigenvalue weighted by Gasteiger charge is 2.32. The van der Waals surface area contributed by atoms with E-state index >= 15 is 0 Å². The molecule has 0 bridgehead atoms. The lowest BCUT2D eigenvalue weighted by molar-refractivity contribution is -0.00881. The second kappa shape index (κ2) is 6.02. The van der Waals surface area contributed by atoms with E-state index in [4.69, 9.17) is 4.74 Å². The molecule has 0 aromatic heterocycles. The summed E-state index contributed by atoms with van der Waals surface area (Å²) in [6.45, 7) is 6.61. The van der Waals surface area contributed by atoms with Gasteiger partial charge in [0, 0.05) is 25.3 Å². The lowest BCUT2D eigenvalue weighted by Crippen LogP contribution is -2.44. The summed E-state index contributed by atoms with van der Waals surface area (Å²) in [5.74, 6) is 1.81. The first kappa shape index (κ1) is 12.4. The fraction of sp³-hybridized carbons (Fsp3) is 1.00. The minimum Gasteiger partial charge on any atom is -0.381 e. The van der Waals surface area contributed by atoms with Crippen LogP contribution in [0.2, 0.25) is 0 Å². The van der Waals surface area contributed by atoms with Gasteiger partial charge in [-0.3, -0.25) is 0 Å². The summed E-state index contributed by atoms with van der Waals surface area (Å²) in [5.41, 5.74) is 0. The zero-order valence-corrected chi connectivity index (χ0v) is 10.9. The van der Waals surface area contributed by atoms with Crippen LogP contribution in [-0.4, -0.2) is 25.3 Å². The van der Waals surface area contributed by atoms with Crippen LogP contribution in [0.1, 0.15) is 52.4 Å². The van der Waals surface area contributed by atoms with E-state index in [0.717, 1.165) is 37.1 Å². The SMILES string of the molecule is CCC(CC)NC1CCC2COCCC2C1. The van der Waals surface area contributed by atoms with Gasteiger partial charge in [-0.25, -0.2) is 0 Å². The van der Waals surface area contributed by atoms with Crippen LogP contribution >= 0.6 is 0 Å². The molecule has 1 heterocycles. The minimum absolute atomic E-state index is 0.737. The second-order valence-corrected chi connectivity index (χ2v) is 5.57. The van der Waals surface area contributed by atoms with Crippen LogP contribution in [0.25, 0.3) is 0 Å². The van der Waals surface area contributed by atoms with Crippen molar-refractivity contribution in [1.82, 2.24) is 5.32 Å². The van der Waals surface area contributed by atoms with Crippen molar-refractivity contribution in [3.8, 4) is 0 Å². The number of nitrogens with one attached hydrogen (secondary N) is 1. The summed E-state index contributed by atoms with van der Waals surface area (Å²) in [4.78, 5) is 0. The quantitative estimate of drug-likeness (QED) is 0.794. The Morgan fingerprint density at radius 2 is 1.94 bits per heavy atom. The monoisotopic (exact) mass is 225 g/mol. The van der Waals surface area contributed by atoms with Gasteiger partial charge in [0.05, 0.1) is 0 Å². The molecule has 1 aliphatic heterocycles. The lowest BCUT2D eigenvalue weighted by atomic mass is 9.74. The Balaban J connectivity index is 1.80. The maximum atomic E-state index is 5.58. The molecule has 1 saturated heterocycles. The Morgan fingerprint density at radius 3 is 2.69 bits per heavy atom. The van der Waals surface area contributed by atoms with Crippen molar-refractivity contribution in [2.75, 3.05) is 13.2 Å². The van der Waals surface area contributed by atoms with E-state index in [1.165, 1.54) is 38.5 Å². The molecule has 3 unspecified atom stereocenters. The molecule has 0 radical (unpaired) electrons. The fourth-order valence-electron chi connectivity index (χ4n) is 3.38. The topological polar surface area (TPSA) is 21.3 Å². The molecular weight excluding hydrogens is 198 g/mol. The first-order valence-electron chi connectivity index (χ1n) is 7.17. The zero-order chi connectivity index (χ0) is 11.4. The third-order valence-corrected chi connectivity index (χ3v) is 4.56. The fourth-order valence-corrected chi connectivity index (χ4v) is 3.38. The van der Waals surface area contributed by atoms with Gasteiger partial charge >= 0.3 is 0 Å². The van der Waals surface area contributed by atoms with Crippen molar-refractivity contribution in [2.24, 2.45) is 11.8 Å². The first-order chi connectivity index (χ1) is 7.83. The summed E-state index contributed by atoms with van der Waals surface area (Å²) in [6, 6.07) is 1.52. The molecule has 0 aromatic rings. The lowest BCUT2D eigenvalue weighted by Gasteiger charge is -2.40. The summed E-state index contributed by atoms with van der Waals surface area (Å²) in [6.07, 6.45) is 7.97. The van der Waals surface area contributed by atoms with Crippen molar-refractivity contribution < 1.29 is 4.74 Å². The average Bonchev–Trinajstić information content (AvgIpc) is 2.35. The molecule has 2 fully saturated rings. The Kier molecular flexibility index (Phi) is 4.66. The van der Waals surface area contributed by atoms with Crippen LogP contribution in [0.15, 0.2) is 0 Å². The van der Waals surface area contributed by atoms with Crippen LogP contribution in [0, 0.1) is 11.8 Å². The number of rotatable bonds is 4. The zero-order valence-electron chi connectivity index (χ0n) is 10.9. The molecule has 1 saturated carbocycles. The van der Waals surface area contributed by atoms with E-state index in [1.807, 2.05) is 0 Å². The van der Waals surface area contributed by atoms with E-state index in [1.54, 1.807) is 0 Å². The minimum atomic E-state index is 0.737. The first-order valence-corrected chi connectivity index (χ1v) is 7.17. The number of ether oxygens (including phenoxy) is 1. The van der Waals surface area contributed by atoms with Gasteiger partial charge in [0.1, 0.15) is 0 Å². The number of fused-ring (bicyclic) bond motifs is 1. The summed E-state index contributed by atoms with van der Waals surface area (Å²) < 4.78 is 5.58. The molecule has 0 aromatic carbocycles. The van der Waals surface area contributed by atoms with E-state index in [9.17, 15) is 0 Å². The molecule has 94 valence electrons. The predicted molar refractivity (Wildman–Crippen MR) is 67.6 cm³/mol. The van der Waals surface area contributed by atoms with Gasteiger partial charge in [-0.2, -0.15) is 0 Å². The molecule has 2 heteroatoms. The van der Waals surface area contributed by atoms with Crippen molar-refractivity contribution >= 4 is 0 Å². The van der Waals surface area contributed by atoms with Crippen molar-refractivity contribution in [1.29, 1.82) is 0 Å². The highest BCUT2D eigenvalue weighted by atomic mass is 16.5. The smallest absolute Gasteiger partial charge is 0.0496 e. The van der Waals surface area contributed by atoms with E-state index in [0.29, 0.717) is 0 Å². The summed E-state index contributed by atoms with van der Waals surface area (Å²) in [7, 11) is 0. The molecule has 0 spiro atoms. The standard InChI is InChI=1S/C14H27NO/c1-3-13(4-2)15-14-6-5-12-10-16-8-7-11(12)9-14/h11-15H,3-10H2,1-2H3. The van der Waals surface area contributed by atoms with Crippen LogP contribution < -0.4 is 5.32 Å². The molecule has 16 heavy (non-hydrogen) atoms. The van der Waals surface area contributed by atoms with Gasteiger partial charge in [-0.15, -0.1) is 0 Å². The molecule has 1 aliphatic carbocycles. The third-order valence-electron chi connectivity index (χ3n) is 4.56. The second-order valence-electron chi connectivity index (χ2n) is 5.57. The number of hydrogen-bond acceptors (Lipinski definition) is 2. The highest BCUT2D eigenvalue weighted by molar-refractivity contribution is 4.86. The normalized spacial score (nSPS) is 35.1. The third kappa shape index (κ3) is 2.98. The summed E-state index contributed by atoms with van der Waals surface area (Å²) >= 11 is 0. The molecular formula is C14H27NO. The Hall–Kier alpha value is -0.0800. The number of hydrogen-bond donors (Lipinski definition) is 1. The van der Waals surface area contributed by atoms with Gasteiger partial charge < -0.3 is 10.1 Å². The van der Waals surface area contributed by atoms with Gasteiger partial charge in [-0.1, -0.05) is 13.8 Å². The van der Waals surface area contributed by atoms with E-state index < -0.39 is 0 Å². The van der Waals surface area contributed by atoms with E-state index in [2.05, 4.69) is 19.2 Å². The molecule has 2 aliphatic rings. The Labute approximate surface area is 100 Å². The van der Waals surface area contributed by atoms with Crippen molar-refractivity contribution in [3.05, 3.63) is 0 Å². The van der Waals surface area contributed by atoms with Crippen molar-refractivity contribution in [2.45, 2.75) is 64.5 Å². The van der Waals surface area contributed by atoms with Crippen LogP contribution in [0.3, 0.4) is 0 Å². The molecule has 1 N–H and O–H groups in total. The van der Waals surface area contributed by atoms with Gasteiger partial charge in [0.25, 0.3) is 0 Å². The predicted octanol–water partition coefficient (Wildman–Crippen LogP) is 2.97. The van der Waals surface area contributed by atoms with E-state index in [-0.39, 0.29) is 0 Å². The van der Waals surface area contributed by atoms with Gasteiger partial charge in [-0.05, 0) is 50.4 Å². The van der Waals surface area contributed by atoms with Crippen LogP contribution in [0.5, 0.6) is 0 Å². The molecule has 2 nitrogen and oxygen atoms in total. The van der Waals surface area contributed by atoms with Gasteiger partial charge in [0.15, 0.2) is 0 Å². The Bertz CT molecular complexity index is 203. The Morgan fingerprint density at radius 1 is 1.12 bits per heavy atom. The summed E-state index contributed by atoms with van der Waals surface area (Å²) in [5, 5.41) is 3.85. The van der Waals surface area contributed by atoms with Crippen molar-refractivity contribution in [3.63, 3.8) is 0 Å².